The molecule has 6 heteroatoms. The van der Waals surface area contributed by atoms with Gasteiger partial charge in [0.05, 0.1) is 18.2 Å². The minimum absolute atomic E-state index is 0.316. The molecule has 0 aromatic heterocycles. The maximum absolute atomic E-state index is 12.8. The van der Waals surface area contributed by atoms with E-state index in [1.54, 1.807) is 26.8 Å². The molecule has 2 saturated heterocycles. The quantitative estimate of drug-likeness (QED) is 0.798. The molecule has 6 nitrogen and oxygen atoms in total. The van der Waals surface area contributed by atoms with Crippen LogP contribution >= 0.6 is 0 Å². The van der Waals surface area contributed by atoms with Gasteiger partial charge in [0, 0.05) is 0 Å². The van der Waals surface area contributed by atoms with Crippen molar-refractivity contribution in [1.29, 1.82) is 0 Å². The molecule has 0 spiro atoms. The second-order valence-electron chi connectivity index (χ2n) is 7.76. The summed E-state index contributed by atoms with van der Waals surface area (Å²) in [5.41, 5.74) is -0.641. The van der Waals surface area contributed by atoms with E-state index in [1.807, 2.05) is 13.8 Å². The standard InChI is InChI=1S/C18H29NO5/c1-8-10-11-14-15(23-18(6,7)22-14)13(12(20)9-2)19(11)16(21)24-17(3,4)5/h8-9,11-15,20H,1-2,10H2,3-7H3/t11-,12?,13+,14-,15+/m1/s1. The van der Waals surface area contributed by atoms with Crippen LogP contribution in [0.5, 0.6) is 0 Å². The smallest absolute Gasteiger partial charge is 0.411 e. The van der Waals surface area contributed by atoms with Crippen molar-refractivity contribution in [3.63, 3.8) is 0 Å². The van der Waals surface area contributed by atoms with Crippen LogP contribution in [-0.4, -0.2) is 57.9 Å². The van der Waals surface area contributed by atoms with Gasteiger partial charge in [-0.2, -0.15) is 0 Å². The van der Waals surface area contributed by atoms with E-state index in [0.29, 0.717) is 6.42 Å². The molecular formula is C18H29NO5. The Labute approximate surface area is 144 Å². The predicted molar refractivity (Wildman–Crippen MR) is 90.5 cm³/mol. The number of hydrogen-bond acceptors (Lipinski definition) is 5. The SMILES string of the molecule is C=CC[C@@H]1[C@H]2OC(C)(C)O[C@H]2[C@H](C(O)C=C)N1C(=O)OC(C)(C)C. The number of hydrogen-bond donors (Lipinski definition) is 1. The third kappa shape index (κ3) is 3.66. The van der Waals surface area contributed by atoms with Crippen LogP contribution in [0.15, 0.2) is 25.3 Å². The highest BCUT2D eigenvalue weighted by atomic mass is 16.8. The van der Waals surface area contributed by atoms with Crippen molar-refractivity contribution in [2.75, 3.05) is 0 Å². The van der Waals surface area contributed by atoms with E-state index in [9.17, 15) is 9.90 Å². The first kappa shape index (κ1) is 19.0. The van der Waals surface area contributed by atoms with Gasteiger partial charge in [-0.3, -0.25) is 4.90 Å². The van der Waals surface area contributed by atoms with Crippen molar-refractivity contribution >= 4 is 6.09 Å². The molecule has 0 aromatic rings. The van der Waals surface area contributed by atoms with Crippen LogP contribution in [0.25, 0.3) is 0 Å². The van der Waals surface area contributed by atoms with Gasteiger partial charge in [0.1, 0.15) is 17.8 Å². The highest BCUT2D eigenvalue weighted by molar-refractivity contribution is 5.70. The topological polar surface area (TPSA) is 68.2 Å². The Hall–Kier alpha value is -1.37. The van der Waals surface area contributed by atoms with Gasteiger partial charge in [-0.15, -0.1) is 13.2 Å². The molecule has 5 atom stereocenters. The largest absolute Gasteiger partial charge is 0.444 e. The van der Waals surface area contributed by atoms with Crippen LogP contribution in [0, 0.1) is 0 Å². The Morgan fingerprint density at radius 1 is 1.33 bits per heavy atom. The normalized spacial score (nSPS) is 33.0. The van der Waals surface area contributed by atoms with Gasteiger partial charge in [0.2, 0.25) is 0 Å². The summed E-state index contributed by atoms with van der Waals surface area (Å²) in [6.07, 6.45) is 1.40. The van der Waals surface area contributed by atoms with E-state index in [-0.39, 0.29) is 12.1 Å². The first-order valence-electron chi connectivity index (χ1n) is 8.29. The summed E-state index contributed by atoms with van der Waals surface area (Å²) in [6, 6.07) is -0.933. The van der Waals surface area contributed by atoms with Crippen molar-refractivity contribution in [3.05, 3.63) is 25.3 Å². The molecule has 2 fully saturated rings. The summed E-state index contributed by atoms with van der Waals surface area (Å²) >= 11 is 0. The summed E-state index contributed by atoms with van der Waals surface area (Å²) in [6.45, 7) is 16.5. The number of aliphatic hydroxyl groups excluding tert-OH is 1. The van der Waals surface area contributed by atoms with Crippen molar-refractivity contribution in [3.8, 4) is 0 Å². The van der Waals surface area contributed by atoms with Crippen molar-refractivity contribution in [2.24, 2.45) is 0 Å². The molecule has 0 aliphatic carbocycles. The molecule has 24 heavy (non-hydrogen) atoms. The number of carbonyl (C=O) groups is 1. The van der Waals surface area contributed by atoms with Gasteiger partial charge in [-0.25, -0.2) is 4.79 Å². The van der Waals surface area contributed by atoms with Gasteiger partial charge in [0.25, 0.3) is 0 Å². The highest BCUT2D eigenvalue weighted by Crippen LogP contribution is 2.43. The second kappa shape index (κ2) is 6.50. The Morgan fingerprint density at radius 3 is 2.42 bits per heavy atom. The number of nitrogens with zero attached hydrogens (tertiary/aromatic N) is 1. The molecule has 2 rings (SSSR count). The molecule has 0 aromatic carbocycles. The molecular weight excluding hydrogens is 310 g/mol. The highest BCUT2D eigenvalue weighted by Gasteiger charge is 2.60. The summed E-state index contributed by atoms with van der Waals surface area (Å²) in [5, 5.41) is 10.4. The lowest BCUT2D eigenvalue weighted by Gasteiger charge is -2.36. The summed E-state index contributed by atoms with van der Waals surface area (Å²) in [4.78, 5) is 14.3. The van der Waals surface area contributed by atoms with Crippen molar-refractivity contribution in [2.45, 2.75) is 82.8 Å². The molecule has 0 bridgehead atoms. The van der Waals surface area contributed by atoms with Crippen LogP contribution in [0.2, 0.25) is 0 Å². The zero-order valence-corrected chi connectivity index (χ0v) is 15.2. The minimum atomic E-state index is -0.947. The first-order chi connectivity index (χ1) is 11.0. The Balaban J connectivity index is 2.39. The number of ether oxygens (including phenoxy) is 3. The number of amides is 1. The molecule has 1 unspecified atom stereocenters. The van der Waals surface area contributed by atoms with Gasteiger partial charge < -0.3 is 19.3 Å². The molecule has 1 amide bonds. The van der Waals surface area contributed by atoms with E-state index in [2.05, 4.69) is 13.2 Å². The Bertz CT molecular complexity index is 510. The zero-order valence-electron chi connectivity index (χ0n) is 15.2. The maximum atomic E-state index is 12.8. The van der Waals surface area contributed by atoms with E-state index in [4.69, 9.17) is 14.2 Å². The number of carbonyl (C=O) groups excluding carboxylic acids is 1. The first-order valence-corrected chi connectivity index (χ1v) is 8.29. The number of rotatable bonds is 4. The molecule has 0 saturated carbocycles. The molecule has 2 aliphatic heterocycles. The molecule has 0 radical (unpaired) electrons. The fourth-order valence-electron chi connectivity index (χ4n) is 3.41. The van der Waals surface area contributed by atoms with Gasteiger partial charge in [0.15, 0.2) is 5.79 Å². The molecule has 136 valence electrons. The lowest BCUT2D eigenvalue weighted by Crippen LogP contribution is -2.52. The van der Waals surface area contributed by atoms with Gasteiger partial charge in [-0.1, -0.05) is 12.2 Å². The lowest BCUT2D eigenvalue weighted by molar-refractivity contribution is -0.170. The monoisotopic (exact) mass is 339 g/mol. The van der Waals surface area contributed by atoms with Crippen LogP contribution in [-0.2, 0) is 14.2 Å². The third-order valence-electron chi connectivity index (χ3n) is 4.16. The third-order valence-corrected chi connectivity index (χ3v) is 4.16. The Kier molecular flexibility index (Phi) is 5.14. The minimum Gasteiger partial charge on any atom is -0.444 e. The van der Waals surface area contributed by atoms with Crippen molar-refractivity contribution < 1.29 is 24.1 Å². The predicted octanol–water partition coefficient (Wildman–Crippen LogP) is 2.62. The van der Waals surface area contributed by atoms with Crippen LogP contribution in [0.4, 0.5) is 4.79 Å². The van der Waals surface area contributed by atoms with Crippen LogP contribution < -0.4 is 0 Å². The lowest BCUT2D eigenvalue weighted by atomic mass is 10.0. The van der Waals surface area contributed by atoms with E-state index in [0.717, 1.165) is 0 Å². The van der Waals surface area contributed by atoms with Gasteiger partial charge in [-0.05, 0) is 41.0 Å². The average molecular weight is 339 g/mol. The van der Waals surface area contributed by atoms with E-state index >= 15 is 0 Å². The van der Waals surface area contributed by atoms with E-state index in [1.165, 1.54) is 11.0 Å². The maximum Gasteiger partial charge on any atom is 0.411 e. The van der Waals surface area contributed by atoms with E-state index < -0.39 is 35.7 Å². The molecule has 1 N–H and O–H groups in total. The van der Waals surface area contributed by atoms with Crippen LogP contribution in [0.1, 0.15) is 41.0 Å². The summed E-state index contributed by atoms with van der Waals surface area (Å²) in [5.74, 6) is -0.770. The van der Waals surface area contributed by atoms with Crippen molar-refractivity contribution in [1.82, 2.24) is 4.90 Å². The number of likely N-dealkylation sites (tertiary alicyclic amines) is 1. The summed E-state index contributed by atoms with van der Waals surface area (Å²) < 4.78 is 17.5. The molecule has 2 aliphatic rings. The fraction of sp³-hybridized carbons (Fsp3) is 0.722. The van der Waals surface area contributed by atoms with Gasteiger partial charge >= 0.3 is 6.09 Å². The second-order valence-corrected chi connectivity index (χ2v) is 7.76. The number of aliphatic hydroxyl groups is 1. The molecule has 2 heterocycles. The fourth-order valence-corrected chi connectivity index (χ4v) is 3.41. The summed E-state index contributed by atoms with van der Waals surface area (Å²) in [7, 11) is 0. The zero-order chi connectivity index (χ0) is 18.3. The Morgan fingerprint density at radius 2 is 1.92 bits per heavy atom. The average Bonchev–Trinajstić information content (AvgIpc) is 2.88. The number of fused-ring (bicyclic) bond motifs is 1. The van der Waals surface area contributed by atoms with Crippen LogP contribution in [0.3, 0.4) is 0 Å².